The van der Waals surface area contributed by atoms with Gasteiger partial charge in [0.05, 0.1) is 0 Å². The Morgan fingerprint density at radius 1 is 1.14 bits per heavy atom. The van der Waals surface area contributed by atoms with Crippen LogP contribution in [0.3, 0.4) is 0 Å². The van der Waals surface area contributed by atoms with Gasteiger partial charge in [-0.15, -0.1) is 0 Å². The van der Waals surface area contributed by atoms with Gasteiger partial charge in [-0.05, 0) is 67.1 Å². The van der Waals surface area contributed by atoms with Gasteiger partial charge in [0, 0.05) is 11.1 Å². The summed E-state index contributed by atoms with van der Waals surface area (Å²) >= 11 is 6.14. The van der Waals surface area contributed by atoms with Gasteiger partial charge in [-0.2, -0.15) is 0 Å². The van der Waals surface area contributed by atoms with Crippen LogP contribution in [0.2, 0.25) is 5.02 Å². The maximum absolute atomic E-state index is 13.1. The highest BCUT2D eigenvalue weighted by Gasteiger charge is 2.16. The van der Waals surface area contributed by atoms with Crippen LogP contribution >= 0.6 is 11.6 Å². The molecule has 0 radical (unpaired) electrons. The molecule has 0 amide bonds. The van der Waals surface area contributed by atoms with Gasteiger partial charge in [-0.1, -0.05) is 35.9 Å². The van der Waals surface area contributed by atoms with Gasteiger partial charge in [-0.25, -0.2) is 4.39 Å². The quantitative estimate of drug-likeness (QED) is 0.878. The van der Waals surface area contributed by atoms with E-state index in [2.05, 4.69) is 23.5 Å². The zero-order chi connectivity index (χ0) is 14.8. The Bertz CT molecular complexity index is 654. The molecule has 3 rings (SSSR count). The van der Waals surface area contributed by atoms with Crippen LogP contribution in [0.5, 0.6) is 0 Å². The Morgan fingerprint density at radius 2 is 1.95 bits per heavy atom. The van der Waals surface area contributed by atoms with E-state index in [1.165, 1.54) is 48.1 Å². The van der Waals surface area contributed by atoms with E-state index in [1.54, 1.807) is 6.07 Å². The van der Waals surface area contributed by atoms with Gasteiger partial charge < -0.3 is 5.32 Å². The Balaban J connectivity index is 1.85. The lowest BCUT2D eigenvalue weighted by atomic mass is 9.96. The van der Waals surface area contributed by atoms with E-state index < -0.39 is 0 Å². The summed E-state index contributed by atoms with van der Waals surface area (Å²) in [5.41, 5.74) is 5.20. The molecule has 1 atom stereocenters. The molecular formula is C18H19ClFN. The van der Waals surface area contributed by atoms with Crippen molar-refractivity contribution in [2.45, 2.75) is 31.7 Å². The van der Waals surface area contributed by atoms with Crippen molar-refractivity contribution >= 4 is 11.6 Å². The smallest absolute Gasteiger partial charge is 0.124 e. The highest BCUT2D eigenvalue weighted by Crippen LogP contribution is 2.28. The minimum Gasteiger partial charge on any atom is -0.313 e. The molecule has 0 heterocycles. The van der Waals surface area contributed by atoms with Crippen molar-refractivity contribution in [3.8, 4) is 0 Å². The Kier molecular flexibility index (Phi) is 4.27. The molecule has 21 heavy (non-hydrogen) atoms. The highest BCUT2D eigenvalue weighted by molar-refractivity contribution is 6.31. The topological polar surface area (TPSA) is 12.0 Å². The normalized spacial score (nSPS) is 15.0. The van der Waals surface area contributed by atoms with Crippen molar-refractivity contribution in [1.82, 2.24) is 5.32 Å². The Hall–Kier alpha value is -1.38. The molecule has 0 bridgehead atoms. The fourth-order valence-electron chi connectivity index (χ4n) is 3.10. The maximum atomic E-state index is 13.1. The van der Waals surface area contributed by atoms with Crippen LogP contribution in [0.25, 0.3) is 0 Å². The molecule has 0 fully saturated rings. The van der Waals surface area contributed by atoms with Crippen LogP contribution in [-0.2, 0) is 19.3 Å². The number of nitrogens with one attached hydrogen (secondary N) is 1. The minimum absolute atomic E-state index is 0.193. The molecule has 0 aliphatic heterocycles. The summed E-state index contributed by atoms with van der Waals surface area (Å²) in [7, 11) is 1.95. The van der Waals surface area contributed by atoms with Gasteiger partial charge in [0.2, 0.25) is 0 Å². The number of likely N-dealkylation sites (N-methyl/N-ethyl adjacent to an activating group) is 1. The summed E-state index contributed by atoms with van der Waals surface area (Å²) in [6.45, 7) is 0. The zero-order valence-electron chi connectivity index (χ0n) is 12.1. The van der Waals surface area contributed by atoms with Crippen LogP contribution in [-0.4, -0.2) is 7.05 Å². The largest absolute Gasteiger partial charge is 0.313 e. The zero-order valence-corrected chi connectivity index (χ0v) is 12.9. The highest BCUT2D eigenvalue weighted by atomic mass is 35.5. The van der Waals surface area contributed by atoms with Crippen molar-refractivity contribution in [2.75, 3.05) is 7.05 Å². The fraction of sp³-hybridized carbons (Fsp3) is 0.333. The van der Waals surface area contributed by atoms with E-state index in [4.69, 9.17) is 11.6 Å². The maximum Gasteiger partial charge on any atom is 0.124 e. The second-order valence-electron chi connectivity index (χ2n) is 5.66. The first-order valence-electron chi connectivity index (χ1n) is 7.40. The molecule has 2 aromatic rings. The second kappa shape index (κ2) is 6.17. The third-order valence-electron chi connectivity index (χ3n) is 4.31. The molecule has 110 valence electrons. The summed E-state index contributed by atoms with van der Waals surface area (Å²) in [6, 6.07) is 11.6. The summed E-state index contributed by atoms with van der Waals surface area (Å²) < 4.78 is 13.1. The first-order valence-corrected chi connectivity index (χ1v) is 7.78. The van der Waals surface area contributed by atoms with Gasteiger partial charge in [-0.3, -0.25) is 0 Å². The average Bonchev–Trinajstić information content (AvgIpc) is 2.94. The molecule has 1 unspecified atom stereocenters. The van der Waals surface area contributed by atoms with Gasteiger partial charge in [0.1, 0.15) is 5.82 Å². The van der Waals surface area contributed by atoms with E-state index in [9.17, 15) is 4.39 Å². The van der Waals surface area contributed by atoms with E-state index in [0.717, 1.165) is 12.0 Å². The summed E-state index contributed by atoms with van der Waals surface area (Å²) in [5, 5.41) is 3.84. The van der Waals surface area contributed by atoms with Crippen molar-refractivity contribution in [1.29, 1.82) is 0 Å². The number of hydrogen-bond donors (Lipinski definition) is 1. The lowest BCUT2D eigenvalue weighted by Crippen LogP contribution is -2.19. The third-order valence-corrected chi connectivity index (χ3v) is 4.66. The Morgan fingerprint density at radius 3 is 2.71 bits per heavy atom. The van der Waals surface area contributed by atoms with Crippen molar-refractivity contribution < 1.29 is 4.39 Å². The van der Waals surface area contributed by atoms with Crippen LogP contribution < -0.4 is 5.32 Å². The number of benzene rings is 2. The number of fused-ring (bicyclic) bond motifs is 1. The monoisotopic (exact) mass is 303 g/mol. The molecule has 0 aromatic heterocycles. The first kappa shape index (κ1) is 14.6. The predicted molar refractivity (Wildman–Crippen MR) is 85.4 cm³/mol. The van der Waals surface area contributed by atoms with Crippen LogP contribution in [0.4, 0.5) is 4.39 Å². The molecule has 1 aliphatic carbocycles. The van der Waals surface area contributed by atoms with Crippen molar-refractivity contribution in [3.05, 3.63) is 69.5 Å². The standard InChI is InChI=1S/C18H19ClFN/c1-21-18(10-14-7-8-16(20)11-17(14)19)15-6-5-12-3-2-4-13(12)9-15/h5-9,11,18,21H,2-4,10H2,1H3. The van der Waals surface area contributed by atoms with E-state index in [1.807, 2.05) is 7.05 Å². The molecule has 1 nitrogen and oxygen atoms in total. The second-order valence-corrected chi connectivity index (χ2v) is 6.07. The van der Waals surface area contributed by atoms with Crippen molar-refractivity contribution in [3.63, 3.8) is 0 Å². The summed E-state index contributed by atoms with van der Waals surface area (Å²) in [4.78, 5) is 0. The molecule has 1 N–H and O–H groups in total. The molecule has 3 heteroatoms. The molecule has 2 aromatic carbocycles. The molecule has 0 saturated carbocycles. The minimum atomic E-state index is -0.290. The van der Waals surface area contributed by atoms with E-state index in [0.29, 0.717) is 5.02 Å². The average molecular weight is 304 g/mol. The molecule has 0 saturated heterocycles. The molecule has 0 spiro atoms. The first-order chi connectivity index (χ1) is 10.2. The lowest BCUT2D eigenvalue weighted by Gasteiger charge is -2.18. The predicted octanol–water partition coefficient (Wildman–Crippen LogP) is 4.47. The van der Waals surface area contributed by atoms with Gasteiger partial charge >= 0.3 is 0 Å². The summed E-state index contributed by atoms with van der Waals surface area (Å²) in [5.74, 6) is -0.290. The Labute approximate surface area is 130 Å². The van der Waals surface area contributed by atoms with Crippen LogP contribution in [0.15, 0.2) is 36.4 Å². The third kappa shape index (κ3) is 3.12. The SMILES string of the molecule is CNC(Cc1ccc(F)cc1Cl)c1ccc2c(c1)CCC2. The van der Waals surface area contributed by atoms with Gasteiger partial charge in [0.25, 0.3) is 0 Å². The fourth-order valence-corrected chi connectivity index (χ4v) is 3.35. The van der Waals surface area contributed by atoms with Crippen molar-refractivity contribution in [2.24, 2.45) is 0 Å². The number of hydrogen-bond acceptors (Lipinski definition) is 1. The van der Waals surface area contributed by atoms with E-state index in [-0.39, 0.29) is 11.9 Å². The lowest BCUT2D eigenvalue weighted by molar-refractivity contribution is 0.588. The van der Waals surface area contributed by atoms with Crippen LogP contribution in [0.1, 0.15) is 34.7 Å². The van der Waals surface area contributed by atoms with E-state index >= 15 is 0 Å². The summed E-state index contributed by atoms with van der Waals surface area (Å²) in [6.07, 6.45) is 4.39. The van der Waals surface area contributed by atoms with Crippen LogP contribution in [0, 0.1) is 5.82 Å². The number of rotatable bonds is 4. The molecule has 1 aliphatic rings. The number of aryl methyl sites for hydroxylation is 2. The van der Waals surface area contributed by atoms with Gasteiger partial charge in [0.15, 0.2) is 0 Å². The number of halogens is 2. The molecular weight excluding hydrogens is 285 g/mol.